The number of nitrogens with zero attached hydrogens (tertiary/aromatic N) is 4. The van der Waals surface area contributed by atoms with E-state index in [1.54, 1.807) is 43.5 Å². The van der Waals surface area contributed by atoms with E-state index in [1.165, 1.54) is 17.9 Å². The van der Waals surface area contributed by atoms with E-state index in [1.807, 2.05) is 0 Å². The van der Waals surface area contributed by atoms with E-state index in [2.05, 4.69) is 20.3 Å². The second-order valence-corrected chi connectivity index (χ2v) is 7.35. The Morgan fingerprint density at radius 2 is 2.00 bits per heavy atom. The number of hydrogen-bond acceptors (Lipinski definition) is 9. The van der Waals surface area contributed by atoms with Gasteiger partial charge in [-0.15, -0.1) is 21.6 Å². The van der Waals surface area contributed by atoms with Crippen LogP contribution in [0.5, 0.6) is 11.5 Å². The molecule has 0 bridgehead atoms. The zero-order valence-electron chi connectivity index (χ0n) is 16.7. The maximum absolute atomic E-state index is 12.9. The number of aromatic hydroxyl groups is 1. The molecule has 4 rings (SSSR count). The second-order valence-electron chi connectivity index (χ2n) is 6.52. The van der Waals surface area contributed by atoms with Crippen LogP contribution in [0.3, 0.4) is 0 Å². The maximum atomic E-state index is 12.9. The van der Waals surface area contributed by atoms with E-state index in [9.17, 15) is 14.7 Å². The van der Waals surface area contributed by atoms with E-state index in [4.69, 9.17) is 9.15 Å². The molecule has 3 heterocycles. The van der Waals surface area contributed by atoms with Gasteiger partial charge in [0, 0.05) is 11.4 Å². The molecular weight excluding hydrogens is 422 g/mol. The molecule has 0 amide bonds. The molecule has 0 unspecified atom stereocenters. The summed E-state index contributed by atoms with van der Waals surface area (Å²) in [7, 11) is 1.52. The molecular formula is C20H17N5O5S. The number of aromatic nitrogens is 3. The van der Waals surface area contributed by atoms with Crippen LogP contribution >= 0.6 is 11.3 Å². The first-order valence-corrected chi connectivity index (χ1v) is 9.93. The van der Waals surface area contributed by atoms with E-state index in [0.29, 0.717) is 17.1 Å². The molecule has 10 nitrogen and oxygen atoms in total. The van der Waals surface area contributed by atoms with Gasteiger partial charge in [-0.3, -0.25) is 9.89 Å². The first-order valence-electron chi connectivity index (χ1n) is 9.05. The number of thiazole rings is 1. The van der Waals surface area contributed by atoms with Crippen molar-refractivity contribution >= 4 is 22.7 Å². The van der Waals surface area contributed by atoms with Crippen molar-refractivity contribution in [2.75, 3.05) is 7.11 Å². The summed E-state index contributed by atoms with van der Waals surface area (Å²) in [5.41, 5.74) is 0.0316. The van der Waals surface area contributed by atoms with Crippen LogP contribution in [0.25, 0.3) is 16.4 Å². The predicted molar refractivity (Wildman–Crippen MR) is 114 cm³/mol. The smallest absolute Gasteiger partial charge is 0.349 e. The lowest BCUT2D eigenvalue weighted by molar-refractivity contribution is 0.416. The van der Waals surface area contributed by atoms with E-state index in [0.717, 1.165) is 11.3 Å². The normalized spacial score (nSPS) is 11.3. The van der Waals surface area contributed by atoms with Gasteiger partial charge in [0.15, 0.2) is 5.69 Å². The molecule has 0 aliphatic carbocycles. The van der Waals surface area contributed by atoms with Crippen molar-refractivity contribution in [2.45, 2.75) is 13.8 Å². The summed E-state index contributed by atoms with van der Waals surface area (Å²) < 4.78 is 11.5. The van der Waals surface area contributed by atoms with Crippen LogP contribution in [0, 0.1) is 13.8 Å². The second kappa shape index (κ2) is 8.03. The molecule has 0 radical (unpaired) electrons. The standard InChI is InChI=1S/C20H17N5O5S/c1-10-8-14(26)16(19(28)30-10)13-9-31-20(21-13)25-18(27)17(11(2)24-25)23-22-12-6-4-5-7-15(12)29-3/h4-9,24,26H,1-3H3. The fourth-order valence-electron chi connectivity index (χ4n) is 2.92. The Morgan fingerprint density at radius 1 is 1.23 bits per heavy atom. The van der Waals surface area contributed by atoms with Crippen LogP contribution in [0.2, 0.25) is 0 Å². The molecule has 0 atom stereocenters. The van der Waals surface area contributed by atoms with Crippen LogP contribution in [0.15, 0.2) is 59.9 Å². The number of azo groups is 1. The molecule has 2 N–H and O–H groups in total. The van der Waals surface area contributed by atoms with Gasteiger partial charge >= 0.3 is 11.2 Å². The zero-order valence-corrected chi connectivity index (χ0v) is 17.6. The highest BCUT2D eigenvalue weighted by Crippen LogP contribution is 2.30. The van der Waals surface area contributed by atoms with Crippen LogP contribution < -0.4 is 15.9 Å². The first kappa shape index (κ1) is 20.3. The molecule has 4 aromatic rings. The molecule has 0 spiro atoms. The van der Waals surface area contributed by atoms with Gasteiger partial charge in [-0.2, -0.15) is 4.68 Å². The molecule has 0 saturated carbocycles. The molecule has 11 heteroatoms. The molecule has 0 aliphatic rings. The number of benzene rings is 1. The van der Waals surface area contributed by atoms with Gasteiger partial charge in [-0.1, -0.05) is 12.1 Å². The van der Waals surface area contributed by atoms with Gasteiger partial charge in [0.25, 0.3) is 0 Å². The number of aromatic amines is 1. The van der Waals surface area contributed by atoms with Gasteiger partial charge in [-0.25, -0.2) is 9.78 Å². The van der Waals surface area contributed by atoms with Crippen molar-refractivity contribution in [3.63, 3.8) is 0 Å². The number of hydrogen-bond donors (Lipinski definition) is 2. The number of ether oxygens (including phenoxy) is 1. The molecule has 31 heavy (non-hydrogen) atoms. The quantitative estimate of drug-likeness (QED) is 0.452. The van der Waals surface area contributed by atoms with Gasteiger partial charge < -0.3 is 14.3 Å². The summed E-state index contributed by atoms with van der Waals surface area (Å²) in [5.74, 6) is 0.566. The third kappa shape index (κ3) is 3.78. The Hall–Kier alpha value is -3.99. The monoisotopic (exact) mass is 439 g/mol. The largest absolute Gasteiger partial charge is 0.507 e. The molecule has 3 aromatic heterocycles. The van der Waals surface area contributed by atoms with Crippen LogP contribution in [-0.4, -0.2) is 27.0 Å². The number of rotatable bonds is 5. The highest BCUT2D eigenvalue weighted by Gasteiger charge is 2.19. The molecule has 0 aliphatic heterocycles. The third-order valence-corrected chi connectivity index (χ3v) is 5.20. The van der Waals surface area contributed by atoms with Crippen molar-refractivity contribution in [2.24, 2.45) is 10.2 Å². The number of para-hydroxylation sites is 1. The summed E-state index contributed by atoms with van der Waals surface area (Å²) in [6.07, 6.45) is 0. The molecule has 158 valence electrons. The Morgan fingerprint density at radius 3 is 2.74 bits per heavy atom. The van der Waals surface area contributed by atoms with Crippen LogP contribution in [-0.2, 0) is 0 Å². The zero-order chi connectivity index (χ0) is 22.1. The van der Waals surface area contributed by atoms with Gasteiger partial charge in [0.2, 0.25) is 5.13 Å². The highest BCUT2D eigenvalue weighted by atomic mass is 32.1. The van der Waals surface area contributed by atoms with Crippen LogP contribution in [0.1, 0.15) is 11.5 Å². The van der Waals surface area contributed by atoms with Crippen molar-refractivity contribution in [3.05, 3.63) is 67.9 Å². The SMILES string of the molecule is COc1ccccc1N=Nc1c(C)[nH]n(-c2nc(-c3c(O)cc(C)oc3=O)cs2)c1=O. The number of methoxy groups -OCH3 is 1. The number of H-pyrrole nitrogens is 1. The maximum Gasteiger partial charge on any atom is 0.349 e. The Labute approximate surface area is 179 Å². The average Bonchev–Trinajstić information content (AvgIpc) is 3.30. The van der Waals surface area contributed by atoms with Crippen molar-refractivity contribution in [3.8, 4) is 27.9 Å². The lowest BCUT2D eigenvalue weighted by Gasteiger charge is -2.01. The summed E-state index contributed by atoms with van der Waals surface area (Å²) in [6, 6.07) is 8.38. The lowest BCUT2D eigenvalue weighted by atomic mass is 10.2. The van der Waals surface area contributed by atoms with Gasteiger partial charge in [0.05, 0.1) is 18.5 Å². The summed E-state index contributed by atoms with van der Waals surface area (Å²) in [4.78, 5) is 29.3. The van der Waals surface area contributed by atoms with Crippen LogP contribution in [0.4, 0.5) is 11.4 Å². The Kier molecular flexibility index (Phi) is 5.26. The third-order valence-electron chi connectivity index (χ3n) is 4.38. The van der Waals surface area contributed by atoms with Gasteiger partial charge in [0.1, 0.15) is 28.5 Å². The minimum Gasteiger partial charge on any atom is -0.507 e. The lowest BCUT2D eigenvalue weighted by Crippen LogP contribution is -2.14. The number of nitrogens with one attached hydrogen (secondary N) is 1. The van der Waals surface area contributed by atoms with E-state index >= 15 is 0 Å². The van der Waals surface area contributed by atoms with Gasteiger partial charge in [-0.05, 0) is 26.0 Å². The molecule has 0 fully saturated rings. The first-order chi connectivity index (χ1) is 14.9. The Balaban J connectivity index is 1.71. The summed E-state index contributed by atoms with van der Waals surface area (Å²) in [5, 5.41) is 23.0. The van der Waals surface area contributed by atoms with Crippen molar-refractivity contribution in [1.82, 2.24) is 14.8 Å². The fraction of sp³-hybridized carbons (Fsp3) is 0.150. The molecule has 0 saturated heterocycles. The minimum atomic E-state index is -0.712. The average molecular weight is 439 g/mol. The van der Waals surface area contributed by atoms with Crippen molar-refractivity contribution in [1.29, 1.82) is 0 Å². The number of aryl methyl sites for hydroxylation is 2. The summed E-state index contributed by atoms with van der Waals surface area (Å²) in [6.45, 7) is 3.24. The minimum absolute atomic E-state index is 0.0690. The Bertz CT molecular complexity index is 1410. The van der Waals surface area contributed by atoms with E-state index in [-0.39, 0.29) is 33.6 Å². The fourth-order valence-corrected chi connectivity index (χ4v) is 3.69. The predicted octanol–water partition coefficient (Wildman–Crippen LogP) is 3.99. The summed E-state index contributed by atoms with van der Waals surface area (Å²) >= 11 is 1.11. The topological polar surface area (TPSA) is 135 Å². The van der Waals surface area contributed by atoms with Crippen molar-refractivity contribution < 1.29 is 14.3 Å². The molecule has 1 aromatic carbocycles. The highest BCUT2D eigenvalue weighted by molar-refractivity contribution is 7.12. The van der Waals surface area contributed by atoms with E-state index < -0.39 is 11.2 Å².